The lowest BCUT2D eigenvalue weighted by Gasteiger charge is -2.16. The Balaban J connectivity index is 2.07. The van der Waals surface area contributed by atoms with Gasteiger partial charge in [-0.15, -0.1) is 11.8 Å². The van der Waals surface area contributed by atoms with E-state index in [4.69, 9.17) is 0 Å². The molecule has 3 aromatic carbocycles. The molecular formula is C21H21NO5S2. The lowest BCUT2D eigenvalue weighted by atomic mass is 10.1. The Hall–Kier alpha value is -2.71. The summed E-state index contributed by atoms with van der Waals surface area (Å²) < 4.78 is 28.4. The average Bonchev–Trinajstić information content (AvgIpc) is 2.71. The van der Waals surface area contributed by atoms with Crippen molar-refractivity contribution in [2.45, 2.75) is 35.3 Å². The number of fused-ring (bicyclic) bond motifs is 1. The minimum Gasteiger partial charge on any atom is -0.506 e. The van der Waals surface area contributed by atoms with Crippen molar-refractivity contribution >= 4 is 44.2 Å². The van der Waals surface area contributed by atoms with Crippen molar-refractivity contribution in [1.82, 2.24) is 0 Å². The van der Waals surface area contributed by atoms with Crippen LogP contribution in [-0.4, -0.2) is 29.9 Å². The number of carboxylic acids is 1. The molecule has 0 fully saturated rings. The summed E-state index contributed by atoms with van der Waals surface area (Å²) in [4.78, 5) is 11.6. The van der Waals surface area contributed by atoms with Gasteiger partial charge in [-0.05, 0) is 37.1 Å². The van der Waals surface area contributed by atoms with E-state index < -0.39 is 21.2 Å². The molecule has 0 saturated carbocycles. The Morgan fingerprint density at radius 1 is 1.10 bits per heavy atom. The van der Waals surface area contributed by atoms with Crippen molar-refractivity contribution in [3.05, 3.63) is 60.2 Å². The van der Waals surface area contributed by atoms with Gasteiger partial charge in [-0.2, -0.15) is 0 Å². The van der Waals surface area contributed by atoms with Gasteiger partial charge in [0.2, 0.25) is 0 Å². The SMILES string of the molecule is CCc1ccc(S(=O)(=O)Nc2cc(S[C@@H](C)C(=O)O)c(O)c3ccccc23)cc1. The molecule has 0 unspecified atom stereocenters. The van der Waals surface area contributed by atoms with E-state index in [1.165, 1.54) is 13.0 Å². The van der Waals surface area contributed by atoms with E-state index in [1.807, 2.05) is 6.92 Å². The fourth-order valence-electron chi connectivity index (χ4n) is 2.86. The van der Waals surface area contributed by atoms with E-state index in [0.717, 1.165) is 23.7 Å². The number of anilines is 1. The molecule has 0 bridgehead atoms. The monoisotopic (exact) mass is 431 g/mol. The van der Waals surface area contributed by atoms with E-state index in [-0.39, 0.29) is 21.2 Å². The lowest BCUT2D eigenvalue weighted by molar-refractivity contribution is -0.136. The van der Waals surface area contributed by atoms with Crippen molar-refractivity contribution in [2.75, 3.05) is 4.72 Å². The van der Waals surface area contributed by atoms with Crippen LogP contribution >= 0.6 is 11.8 Å². The molecule has 152 valence electrons. The van der Waals surface area contributed by atoms with E-state index in [1.54, 1.807) is 48.5 Å². The molecule has 0 aliphatic carbocycles. The van der Waals surface area contributed by atoms with Gasteiger partial charge in [-0.1, -0.05) is 43.3 Å². The van der Waals surface area contributed by atoms with E-state index in [2.05, 4.69) is 4.72 Å². The highest BCUT2D eigenvalue weighted by atomic mass is 32.2. The summed E-state index contributed by atoms with van der Waals surface area (Å²) in [6, 6.07) is 14.9. The topological polar surface area (TPSA) is 104 Å². The maximum atomic E-state index is 12.9. The Bertz CT molecular complexity index is 1160. The molecule has 0 radical (unpaired) electrons. The summed E-state index contributed by atoms with van der Waals surface area (Å²) in [5.41, 5.74) is 1.30. The fourth-order valence-corrected chi connectivity index (χ4v) is 4.82. The smallest absolute Gasteiger partial charge is 0.316 e. The van der Waals surface area contributed by atoms with Crippen LogP contribution in [0.2, 0.25) is 0 Å². The van der Waals surface area contributed by atoms with Gasteiger partial charge in [0, 0.05) is 10.8 Å². The third-order valence-corrected chi connectivity index (χ3v) is 7.02. The Kier molecular flexibility index (Phi) is 6.04. The molecule has 0 heterocycles. The molecule has 0 amide bonds. The fraction of sp³-hybridized carbons (Fsp3) is 0.190. The van der Waals surface area contributed by atoms with Gasteiger partial charge in [0.1, 0.15) is 11.0 Å². The first-order valence-electron chi connectivity index (χ1n) is 8.99. The standard InChI is InChI=1S/C21H21NO5S2/c1-3-14-8-10-15(11-9-14)29(26,27)22-18-12-19(28-13(2)21(24)25)20(23)17-7-5-4-6-16(17)18/h4-13,22-23H,3H2,1-2H3,(H,24,25)/t13-/m0/s1. The highest BCUT2D eigenvalue weighted by Gasteiger charge is 2.21. The van der Waals surface area contributed by atoms with Crippen molar-refractivity contribution < 1.29 is 23.4 Å². The Morgan fingerprint density at radius 3 is 2.31 bits per heavy atom. The molecule has 29 heavy (non-hydrogen) atoms. The van der Waals surface area contributed by atoms with E-state index in [9.17, 15) is 23.4 Å². The summed E-state index contributed by atoms with van der Waals surface area (Å²) in [5.74, 6) is -1.10. The zero-order valence-electron chi connectivity index (χ0n) is 15.9. The molecule has 0 aromatic heterocycles. The first-order valence-corrected chi connectivity index (χ1v) is 11.3. The molecule has 0 saturated heterocycles. The first-order chi connectivity index (χ1) is 13.7. The maximum Gasteiger partial charge on any atom is 0.316 e. The molecule has 8 heteroatoms. The molecule has 0 aliphatic heterocycles. The number of aliphatic carboxylic acids is 1. The summed E-state index contributed by atoms with van der Waals surface area (Å²) in [6.45, 7) is 3.49. The van der Waals surface area contributed by atoms with Crippen LogP contribution in [-0.2, 0) is 21.2 Å². The molecule has 3 N–H and O–H groups in total. The van der Waals surface area contributed by atoms with Crippen molar-refractivity contribution in [3.63, 3.8) is 0 Å². The minimum atomic E-state index is -3.86. The largest absolute Gasteiger partial charge is 0.506 e. The Morgan fingerprint density at radius 2 is 1.72 bits per heavy atom. The number of carbonyl (C=O) groups is 1. The normalized spacial score (nSPS) is 12.6. The van der Waals surface area contributed by atoms with E-state index in [0.29, 0.717) is 10.8 Å². The number of nitrogens with one attached hydrogen (secondary N) is 1. The number of rotatable bonds is 7. The maximum absolute atomic E-state index is 12.9. The Labute approximate surface area is 173 Å². The minimum absolute atomic E-state index is 0.0750. The van der Waals surface area contributed by atoms with Gasteiger partial charge in [0.15, 0.2) is 0 Å². The molecule has 6 nitrogen and oxygen atoms in total. The number of aromatic hydroxyl groups is 1. The third kappa shape index (κ3) is 4.49. The molecule has 3 aromatic rings. The molecule has 0 aliphatic rings. The van der Waals surface area contributed by atoms with Crippen LogP contribution in [0.25, 0.3) is 10.8 Å². The van der Waals surface area contributed by atoms with E-state index >= 15 is 0 Å². The van der Waals surface area contributed by atoms with Crippen LogP contribution in [0.1, 0.15) is 19.4 Å². The van der Waals surface area contributed by atoms with Crippen LogP contribution in [0.4, 0.5) is 5.69 Å². The van der Waals surface area contributed by atoms with Gasteiger partial charge in [-0.25, -0.2) is 8.42 Å². The van der Waals surface area contributed by atoms with Crippen LogP contribution < -0.4 is 4.72 Å². The highest BCUT2D eigenvalue weighted by Crippen LogP contribution is 2.41. The van der Waals surface area contributed by atoms with Gasteiger partial charge in [-0.3, -0.25) is 9.52 Å². The summed E-state index contributed by atoms with van der Waals surface area (Å²) in [5, 5.41) is 19.9. The second-order valence-corrected chi connectivity index (χ2v) is 9.58. The number of thioether (sulfide) groups is 1. The van der Waals surface area contributed by atoms with Crippen LogP contribution in [0.15, 0.2) is 64.4 Å². The summed E-state index contributed by atoms with van der Waals surface area (Å²) in [7, 11) is -3.86. The average molecular weight is 432 g/mol. The predicted molar refractivity (Wildman–Crippen MR) is 115 cm³/mol. The second-order valence-electron chi connectivity index (χ2n) is 6.52. The number of hydrogen-bond donors (Lipinski definition) is 3. The van der Waals surface area contributed by atoms with Crippen molar-refractivity contribution in [2.24, 2.45) is 0 Å². The molecule has 1 atom stereocenters. The molecule has 3 rings (SSSR count). The third-order valence-electron chi connectivity index (χ3n) is 4.52. The number of benzene rings is 3. The number of carboxylic acid groups (broad SMARTS) is 1. The van der Waals surface area contributed by atoms with Crippen molar-refractivity contribution in [3.8, 4) is 5.75 Å². The quantitative estimate of drug-likeness (QED) is 0.377. The zero-order valence-corrected chi connectivity index (χ0v) is 17.5. The summed E-state index contributed by atoms with van der Waals surface area (Å²) in [6.07, 6.45) is 0.804. The lowest BCUT2D eigenvalue weighted by Crippen LogP contribution is -2.14. The number of aryl methyl sites for hydroxylation is 1. The number of hydrogen-bond acceptors (Lipinski definition) is 5. The van der Waals surface area contributed by atoms with Crippen LogP contribution in [0, 0.1) is 0 Å². The van der Waals surface area contributed by atoms with Gasteiger partial charge < -0.3 is 10.2 Å². The zero-order chi connectivity index (χ0) is 21.2. The molecular weight excluding hydrogens is 410 g/mol. The highest BCUT2D eigenvalue weighted by molar-refractivity contribution is 8.00. The summed E-state index contributed by atoms with van der Waals surface area (Å²) >= 11 is 0.950. The van der Waals surface area contributed by atoms with Gasteiger partial charge in [0.05, 0.1) is 15.5 Å². The first kappa shape index (κ1) is 21.0. The number of phenolic OH excluding ortho intramolecular Hbond substituents is 1. The van der Waals surface area contributed by atoms with Crippen LogP contribution in [0.5, 0.6) is 5.75 Å². The van der Waals surface area contributed by atoms with Crippen LogP contribution in [0.3, 0.4) is 0 Å². The second kappa shape index (κ2) is 8.34. The predicted octanol–water partition coefficient (Wildman–Crippen LogP) is 4.47. The number of phenols is 1. The van der Waals surface area contributed by atoms with Gasteiger partial charge >= 0.3 is 5.97 Å². The van der Waals surface area contributed by atoms with Gasteiger partial charge in [0.25, 0.3) is 10.0 Å². The molecule has 0 spiro atoms. The van der Waals surface area contributed by atoms with Crippen molar-refractivity contribution in [1.29, 1.82) is 0 Å². The number of sulfonamides is 1.